The van der Waals surface area contributed by atoms with Crippen LogP contribution in [0.2, 0.25) is 0 Å². The maximum Gasteiger partial charge on any atom is 0.229 e. The monoisotopic (exact) mass is 313 g/mol. The number of hydrogen-bond donors (Lipinski definition) is 1. The number of hydrogen-bond acceptors (Lipinski definition) is 3. The van der Waals surface area contributed by atoms with Crippen molar-refractivity contribution in [1.29, 1.82) is 0 Å². The number of rotatable bonds is 6. The van der Waals surface area contributed by atoms with Gasteiger partial charge in [0.2, 0.25) is 5.91 Å². The zero-order valence-corrected chi connectivity index (χ0v) is 13.5. The van der Waals surface area contributed by atoms with Crippen molar-refractivity contribution in [2.45, 2.75) is 45.1 Å². The quantitative estimate of drug-likeness (QED) is 0.887. The molecule has 0 spiro atoms. The zero-order valence-electron chi connectivity index (χ0n) is 13.5. The number of ether oxygens (including phenoxy) is 1. The third-order valence-corrected chi connectivity index (χ3v) is 4.21. The molecule has 1 aliphatic rings. The first-order valence-corrected chi connectivity index (χ1v) is 8.31. The standard InChI is InChI=1S/C18H23N3O2/c1-2-23-16-9-7-14(8-10-16)13-18(22)20-17-11-12-19-21(17)15-5-3-4-6-15/h7-12,15H,2-6,13H2,1H3,(H,20,22). The highest BCUT2D eigenvalue weighted by molar-refractivity contribution is 5.91. The molecular weight excluding hydrogens is 290 g/mol. The molecule has 23 heavy (non-hydrogen) atoms. The number of carbonyl (C=O) groups is 1. The van der Waals surface area contributed by atoms with Gasteiger partial charge >= 0.3 is 0 Å². The zero-order chi connectivity index (χ0) is 16.1. The number of aromatic nitrogens is 2. The molecule has 1 heterocycles. The van der Waals surface area contributed by atoms with Crippen LogP contribution in [0.25, 0.3) is 0 Å². The van der Waals surface area contributed by atoms with E-state index in [2.05, 4.69) is 10.4 Å². The van der Waals surface area contributed by atoms with E-state index >= 15 is 0 Å². The van der Waals surface area contributed by atoms with Gasteiger partial charge in [-0.05, 0) is 37.5 Å². The van der Waals surface area contributed by atoms with Crippen molar-refractivity contribution in [3.8, 4) is 5.75 Å². The van der Waals surface area contributed by atoms with Crippen LogP contribution in [0.4, 0.5) is 5.82 Å². The molecule has 1 amide bonds. The molecule has 0 bridgehead atoms. The molecule has 0 aliphatic heterocycles. The highest BCUT2D eigenvalue weighted by Crippen LogP contribution is 2.31. The molecule has 2 aromatic rings. The van der Waals surface area contributed by atoms with E-state index in [1.807, 2.05) is 41.9 Å². The van der Waals surface area contributed by atoms with Gasteiger partial charge in [-0.15, -0.1) is 0 Å². The molecule has 1 aromatic carbocycles. The molecule has 122 valence electrons. The second-order valence-electron chi connectivity index (χ2n) is 5.90. The first-order chi connectivity index (χ1) is 11.3. The lowest BCUT2D eigenvalue weighted by atomic mass is 10.1. The van der Waals surface area contributed by atoms with E-state index in [1.54, 1.807) is 6.20 Å². The molecular formula is C18H23N3O2. The summed E-state index contributed by atoms with van der Waals surface area (Å²) < 4.78 is 7.37. The Morgan fingerprint density at radius 1 is 1.26 bits per heavy atom. The van der Waals surface area contributed by atoms with Gasteiger partial charge in [-0.1, -0.05) is 25.0 Å². The van der Waals surface area contributed by atoms with Crippen molar-refractivity contribution < 1.29 is 9.53 Å². The van der Waals surface area contributed by atoms with Gasteiger partial charge in [0.05, 0.1) is 25.3 Å². The summed E-state index contributed by atoms with van der Waals surface area (Å²) in [6, 6.07) is 9.95. The molecule has 0 unspecified atom stereocenters. The average Bonchev–Trinajstić information content (AvgIpc) is 3.20. The van der Waals surface area contributed by atoms with Crippen molar-refractivity contribution in [3.05, 3.63) is 42.1 Å². The smallest absolute Gasteiger partial charge is 0.229 e. The van der Waals surface area contributed by atoms with Crippen molar-refractivity contribution >= 4 is 11.7 Å². The Kier molecular flexibility index (Phi) is 4.95. The molecule has 1 N–H and O–H groups in total. The maximum atomic E-state index is 12.3. The molecule has 5 heteroatoms. The lowest BCUT2D eigenvalue weighted by molar-refractivity contribution is -0.115. The van der Waals surface area contributed by atoms with Gasteiger partial charge in [0.15, 0.2) is 0 Å². The van der Waals surface area contributed by atoms with Crippen molar-refractivity contribution in [1.82, 2.24) is 9.78 Å². The van der Waals surface area contributed by atoms with E-state index in [1.165, 1.54) is 12.8 Å². The lowest BCUT2D eigenvalue weighted by Gasteiger charge is -2.14. The van der Waals surface area contributed by atoms with Gasteiger partial charge in [-0.3, -0.25) is 4.79 Å². The fourth-order valence-electron chi connectivity index (χ4n) is 3.10. The Morgan fingerprint density at radius 2 is 2.00 bits per heavy atom. The highest BCUT2D eigenvalue weighted by Gasteiger charge is 2.20. The minimum absolute atomic E-state index is 0.0195. The summed E-state index contributed by atoms with van der Waals surface area (Å²) in [5, 5.41) is 7.36. The van der Waals surface area contributed by atoms with Crippen LogP contribution in [-0.2, 0) is 11.2 Å². The lowest BCUT2D eigenvalue weighted by Crippen LogP contribution is -2.19. The number of benzene rings is 1. The topological polar surface area (TPSA) is 56.1 Å². The van der Waals surface area contributed by atoms with Crippen LogP contribution < -0.4 is 10.1 Å². The predicted octanol–water partition coefficient (Wildman–Crippen LogP) is 3.58. The number of nitrogens with zero attached hydrogens (tertiary/aromatic N) is 2. The minimum Gasteiger partial charge on any atom is -0.494 e. The Bertz CT molecular complexity index is 643. The van der Waals surface area contributed by atoms with E-state index < -0.39 is 0 Å². The van der Waals surface area contributed by atoms with Gasteiger partial charge in [0.1, 0.15) is 11.6 Å². The molecule has 0 radical (unpaired) electrons. The van der Waals surface area contributed by atoms with Crippen molar-refractivity contribution in [3.63, 3.8) is 0 Å². The van der Waals surface area contributed by atoms with Crippen LogP contribution in [0.3, 0.4) is 0 Å². The second kappa shape index (κ2) is 7.31. The summed E-state index contributed by atoms with van der Waals surface area (Å²) in [5.41, 5.74) is 0.970. The van der Waals surface area contributed by atoms with E-state index in [0.29, 0.717) is 19.1 Å². The van der Waals surface area contributed by atoms with Gasteiger partial charge in [-0.25, -0.2) is 4.68 Å². The van der Waals surface area contributed by atoms with Crippen LogP contribution >= 0.6 is 0 Å². The van der Waals surface area contributed by atoms with Crippen LogP contribution in [0.1, 0.15) is 44.2 Å². The fraction of sp³-hybridized carbons (Fsp3) is 0.444. The van der Waals surface area contributed by atoms with Crippen molar-refractivity contribution in [2.24, 2.45) is 0 Å². The van der Waals surface area contributed by atoms with Gasteiger partial charge < -0.3 is 10.1 Å². The second-order valence-corrected chi connectivity index (χ2v) is 5.90. The van der Waals surface area contributed by atoms with E-state index in [4.69, 9.17) is 4.74 Å². The minimum atomic E-state index is -0.0195. The Morgan fingerprint density at radius 3 is 2.70 bits per heavy atom. The number of carbonyl (C=O) groups excluding carboxylic acids is 1. The predicted molar refractivity (Wildman–Crippen MR) is 89.7 cm³/mol. The first-order valence-electron chi connectivity index (χ1n) is 8.31. The summed E-state index contributed by atoms with van der Waals surface area (Å²) >= 11 is 0. The van der Waals surface area contributed by atoms with Gasteiger partial charge in [0, 0.05) is 6.07 Å². The van der Waals surface area contributed by atoms with Crippen LogP contribution in [0.15, 0.2) is 36.5 Å². The Balaban J connectivity index is 1.60. The summed E-state index contributed by atoms with van der Waals surface area (Å²) in [7, 11) is 0. The van der Waals surface area contributed by atoms with Gasteiger partial charge in [-0.2, -0.15) is 5.10 Å². The maximum absolute atomic E-state index is 12.3. The van der Waals surface area contributed by atoms with E-state index in [9.17, 15) is 4.79 Å². The molecule has 1 aliphatic carbocycles. The first kappa shape index (κ1) is 15.6. The molecule has 1 saturated carbocycles. The molecule has 5 nitrogen and oxygen atoms in total. The van der Waals surface area contributed by atoms with Crippen molar-refractivity contribution in [2.75, 3.05) is 11.9 Å². The van der Waals surface area contributed by atoms with E-state index in [-0.39, 0.29) is 5.91 Å². The summed E-state index contributed by atoms with van der Waals surface area (Å²) in [4.78, 5) is 12.3. The number of amides is 1. The largest absolute Gasteiger partial charge is 0.494 e. The summed E-state index contributed by atoms with van der Waals surface area (Å²) in [6.45, 7) is 2.60. The SMILES string of the molecule is CCOc1ccc(CC(=O)Nc2ccnn2C2CCCC2)cc1. The van der Waals surface area contributed by atoms with E-state index in [0.717, 1.165) is 30.0 Å². The fourth-order valence-corrected chi connectivity index (χ4v) is 3.10. The Hall–Kier alpha value is -2.30. The van der Waals surface area contributed by atoms with Crippen LogP contribution in [0, 0.1) is 0 Å². The number of anilines is 1. The van der Waals surface area contributed by atoms with Gasteiger partial charge in [0.25, 0.3) is 0 Å². The summed E-state index contributed by atoms with van der Waals surface area (Å²) in [5.74, 6) is 1.61. The molecule has 1 aromatic heterocycles. The molecule has 0 atom stereocenters. The average molecular weight is 313 g/mol. The third kappa shape index (κ3) is 3.92. The van der Waals surface area contributed by atoms with Crippen LogP contribution in [0.5, 0.6) is 5.75 Å². The third-order valence-electron chi connectivity index (χ3n) is 4.21. The number of nitrogens with one attached hydrogen (secondary N) is 1. The molecule has 0 saturated heterocycles. The highest BCUT2D eigenvalue weighted by atomic mass is 16.5. The normalized spacial score (nSPS) is 14.8. The molecule has 3 rings (SSSR count). The van der Waals surface area contributed by atoms with Crippen LogP contribution in [-0.4, -0.2) is 22.3 Å². The Labute approximate surface area is 136 Å². The molecule has 1 fully saturated rings. The summed E-state index contributed by atoms with van der Waals surface area (Å²) in [6.07, 6.45) is 6.87.